The lowest BCUT2D eigenvalue weighted by molar-refractivity contribution is 0.168. The summed E-state index contributed by atoms with van der Waals surface area (Å²) in [6, 6.07) is 19.6. The summed E-state index contributed by atoms with van der Waals surface area (Å²) >= 11 is 3.56. The summed E-state index contributed by atoms with van der Waals surface area (Å²) < 4.78 is 3.58. The Hall–Kier alpha value is -1.58. The second kappa shape index (κ2) is 7.12. The topological polar surface area (TPSA) is 8.17 Å². The van der Waals surface area contributed by atoms with Crippen LogP contribution in [0.25, 0.3) is 10.9 Å². The molecule has 0 saturated carbocycles. The zero-order chi connectivity index (χ0) is 16.4. The van der Waals surface area contributed by atoms with Gasteiger partial charge in [0.15, 0.2) is 0 Å². The quantitative estimate of drug-likeness (QED) is 0.592. The fourth-order valence-corrected chi connectivity index (χ4v) is 4.16. The van der Waals surface area contributed by atoms with E-state index in [4.69, 9.17) is 0 Å². The Labute approximate surface area is 152 Å². The lowest BCUT2D eigenvalue weighted by Gasteiger charge is -2.32. The Morgan fingerprint density at radius 1 is 0.958 bits per heavy atom. The highest BCUT2D eigenvalue weighted by Crippen LogP contribution is 2.25. The minimum absolute atomic E-state index is 0.788. The Kier molecular flexibility index (Phi) is 4.72. The van der Waals surface area contributed by atoms with E-state index >= 15 is 0 Å². The van der Waals surface area contributed by atoms with Crippen LogP contribution >= 0.6 is 15.9 Å². The molecule has 1 saturated heterocycles. The van der Waals surface area contributed by atoms with Crippen LogP contribution in [0.2, 0.25) is 0 Å². The Morgan fingerprint density at radius 2 is 1.75 bits per heavy atom. The molecule has 0 radical (unpaired) electrons. The van der Waals surface area contributed by atoms with Crippen molar-refractivity contribution in [3.8, 4) is 0 Å². The summed E-state index contributed by atoms with van der Waals surface area (Å²) in [5, 5.41) is 1.32. The van der Waals surface area contributed by atoms with E-state index in [0.717, 1.165) is 23.5 Å². The molecule has 0 aliphatic carbocycles. The summed E-state index contributed by atoms with van der Waals surface area (Å²) in [5.41, 5.74) is 2.78. The van der Waals surface area contributed by atoms with Crippen LogP contribution in [0.1, 0.15) is 18.4 Å². The van der Waals surface area contributed by atoms with Crippen LogP contribution in [-0.2, 0) is 13.1 Å². The zero-order valence-corrected chi connectivity index (χ0v) is 15.5. The van der Waals surface area contributed by atoms with Crippen molar-refractivity contribution in [3.63, 3.8) is 0 Å². The molecule has 2 aromatic carbocycles. The van der Waals surface area contributed by atoms with Gasteiger partial charge in [-0.3, -0.25) is 4.90 Å². The molecule has 2 nitrogen and oxygen atoms in total. The second-order valence-electron chi connectivity index (χ2n) is 6.88. The van der Waals surface area contributed by atoms with E-state index in [2.05, 4.69) is 86.2 Å². The largest absolute Gasteiger partial charge is 0.347 e. The van der Waals surface area contributed by atoms with E-state index in [0.29, 0.717) is 0 Å². The number of likely N-dealkylation sites (tertiary alicyclic amines) is 1. The van der Waals surface area contributed by atoms with Gasteiger partial charge in [0.05, 0.1) is 0 Å². The molecule has 0 amide bonds. The van der Waals surface area contributed by atoms with E-state index in [9.17, 15) is 0 Å². The molecule has 2 heterocycles. The first kappa shape index (κ1) is 15.9. The van der Waals surface area contributed by atoms with Crippen LogP contribution in [0.3, 0.4) is 0 Å². The van der Waals surface area contributed by atoms with E-state index in [1.165, 1.54) is 42.4 Å². The molecule has 1 aromatic heterocycles. The Bertz CT molecular complexity index is 801. The van der Waals surface area contributed by atoms with Gasteiger partial charge in [0, 0.05) is 34.7 Å². The lowest BCUT2D eigenvalue weighted by atomic mass is 9.96. The monoisotopic (exact) mass is 382 g/mol. The van der Waals surface area contributed by atoms with Gasteiger partial charge >= 0.3 is 0 Å². The number of fused-ring (bicyclic) bond motifs is 1. The number of rotatable bonds is 4. The van der Waals surface area contributed by atoms with E-state index < -0.39 is 0 Å². The molecule has 0 atom stereocenters. The van der Waals surface area contributed by atoms with Crippen molar-refractivity contribution >= 4 is 26.8 Å². The maximum absolute atomic E-state index is 3.56. The molecule has 3 aromatic rings. The van der Waals surface area contributed by atoms with Crippen LogP contribution in [0.5, 0.6) is 0 Å². The highest BCUT2D eigenvalue weighted by Gasteiger charge is 2.20. The van der Waals surface area contributed by atoms with Crippen molar-refractivity contribution < 1.29 is 0 Å². The number of halogens is 1. The third-order valence-electron chi connectivity index (χ3n) is 5.14. The molecular formula is C21H23BrN2. The molecule has 1 aliphatic heterocycles. The standard InChI is InChI=1S/C21H23BrN2/c22-20-6-7-21-19(14-20)10-13-24(21)16-18-8-11-23(12-9-18)15-17-4-2-1-3-5-17/h1-7,10,13-14,18H,8-9,11-12,15-16H2. The molecule has 0 N–H and O–H groups in total. The first-order valence-corrected chi connectivity index (χ1v) is 9.58. The van der Waals surface area contributed by atoms with Crippen molar-refractivity contribution in [3.05, 3.63) is 70.8 Å². The molecule has 4 rings (SSSR count). The van der Waals surface area contributed by atoms with Gasteiger partial charge in [0.25, 0.3) is 0 Å². The summed E-state index contributed by atoms with van der Waals surface area (Å²) in [4.78, 5) is 2.59. The number of piperidine rings is 1. The minimum Gasteiger partial charge on any atom is -0.347 e. The third kappa shape index (κ3) is 3.57. The van der Waals surface area contributed by atoms with Gasteiger partial charge in [0.2, 0.25) is 0 Å². The van der Waals surface area contributed by atoms with Gasteiger partial charge in [0.1, 0.15) is 0 Å². The predicted molar refractivity (Wildman–Crippen MR) is 104 cm³/mol. The van der Waals surface area contributed by atoms with Gasteiger partial charge in [-0.25, -0.2) is 0 Å². The zero-order valence-electron chi connectivity index (χ0n) is 13.9. The van der Waals surface area contributed by atoms with Crippen molar-refractivity contribution in [2.24, 2.45) is 5.92 Å². The molecule has 0 unspecified atom stereocenters. The highest BCUT2D eigenvalue weighted by atomic mass is 79.9. The maximum Gasteiger partial charge on any atom is 0.0481 e. The smallest absolute Gasteiger partial charge is 0.0481 e. The maximum atomic E-state index is 3.56. The Balaban J connectivity index is 1.36. The first-order valence-electron chi connectivity index (χ1n) is 8.78. The van der Waals surface area contributed by atoms with Crippen molar-refractivity contribution in [2.45, 2.75) is 25.9 Å². The van der Waals surface area contributed by atoms with Crippen molar-refractivity contribution in [2.75, 3.05) is 13.1 Å². The van der Waals surface area contributed by atoms with Crippen LogP contribution in [0.4, 0.5) is 0 Å². The molecule has 0 spiro atoms. The van der Waals surface area contributed by atoms with Gasteiger partial charge < -0.3 is 4.57 Å². The van der Waals surface area contributed by atoms with E-state index in [1.807, 2.05) is 0 Å². The average Bonchev–Trinajstić information content (AvgIpc) is 2.99. The van der Waals surface area contributed by atoms with Crippen LogP contribution < -0.4 is 0 Å². The number of hydrogen-bond donors (Lipinski definition) is 0. The van der Waals surface area contributed by atoms with Crippen molar-refractivity contribution in [1.29, 1.82) is 0 Å². The molecule has 0 bridgehead atoms. The fraction of sp³-hybridized carbons (Fsp3) is 0.333. The molecular weight excluding hydrogens is 360 g/mol. The first-order chi connectivity index (χ1) is 11.8. The van der Waals surface area contributed by atoms with Gasteiger partial charge in [-0.05, 0) is 61.7 Å². The van der Waals surface area contributed by atoms with E-state index in [1.54, 1.807) is 0 Å². The molecule has 124 valence electrons. The lowest BCUT2D eigenvalue weighted by Crippen LogP contribution is -2.34. The number of hydrogen-bond acceptors (Lipinski definition) is 1. The van der Waals surface area contributed by atoms with E-state index in [-0.39, 0.29) is 0 Å². The van der Waals surface area contributed by atoms with Crippen molar-refractivity contribution in [1.82, 2.24) is 9.47 Å². The molecule has 24 heavy (non-hydrogen) atoms. The summed E-state index contributed by atoms with van der Waals surface area (Å²) in [6.45, 7) is 4.66. The van der Waals surface area contributed by atoms with Crippen LogP contribution in [-0.4, -0.2) is 22.6 Å². The second-order valence-corrected chi connectivity index (χ2v) is 7.79. The molecule has 1 fully saturated rings. The fourth-order valence-electron chi connectivity index (χ4n) is 3.78. The highest BCUT2D eigenvalue weighted by molar-refractivity contribution is 9.10. The van der Waals surface area contributed by atoms with Crippen LogP contribution in [0.15, 0.2) is 65.3 Å². The summed E-state index contributed by atoms with van der Waals surface area (Å²) in [7, 11) is 0. The van der Waals surface area contributed by atoms with Gasteiger partial charge in [-0.1, -0.05) is 46.3 Å². The summed E-state index contributed by atoms with van der Waals surface area (Å²) in [5.74, 6) is 0.788. The average molecular weight is 383 g/mol. The normalized spacial score (nSPS) is 16.7. The summed E-state index contributed by atoms with van der Waals surface area (Å²) in [6.07, 6.45) is 4.83. The third-order valence-corrected chi connectivity index (χ3v) is 5.64. The molecule has 1 aliphatic rings. The number of nitrogens with zero attached hydrogens (tertiary/aromatic N) is 2. The Morgan fingerprint density at radius 3 is 2.54 bits per heavy atom. The minimum atomic E-state index is 0.788. The molecule has 3 heteroatoms. The SMILES string of the molecule is Brc1ccc2c(ccn2CC2CCN(Cc3ccccc3)CC2)c1. The number of aromatic nitrogens is 1. The number of benzene rings is 2. The van der Waals surface area contributed by atoms with Crippen LogP contribution in [0, 0.1) is 5.92 Å². The van der Waals surface area contributed by atoms with Gasteiger partial charge in [-0.15, -0.1) is 0 Å². The predicted octanol–water partition coefficient (Wildman–Crippen LogP) is 5.32. The van der Waals surface area contributed by atoms with Gasteiger partial charge in [-0.2, -0.15) is 0 Å².